The molecule has 1 aliphatic rings. The number of unbranched alkanes of at least 4 members (excludes halogenated alkanes) is 2. The molecule has 32 heavy (non-hydrogen) atoms. The fourth-order valence-electron chi connectivity index (χ4n) is 3.04. The molecule has 0 saturated heterocycles. The van der Waals surface area contributed by atoms with Crippen LogP contribution in [0.4, 0.5) is 0 Å². The molecule has 0 radical (unpaired) electrons. The quantitative estimate of drug-likeness (QED) is 0.370. The number of hydrogen-bond donors (Lipinski definition) is 3. The van der Waals surface area contributed by atoms with E-state index in [1.807, 2.05) is 0 Å². The topological polar surface area (TPSA) is 114 Å². The summed E-state index contributed by atoms with van der Waals surface area (Å²) in [6.45, 7) is 0.472. The minimum absolute atomic E-state index is 0.0410. The molecule has 0 atom stereocenters. The lowest BCUT2D eigenvalue weighted by molar-refractivity contribution is -0.137. The van der Waals surface area contributed by atoms with E-state index >= 15 is 0 Å². The Hall–Kier alpha value is -3.52. The zero-order chi connectivity index (χ0) is 22.9. The van der Waals surface area contributed by atoms with Gasteiger partial charge in [-0.15, -0.1) is 0 Å². The van der Waals surface area contributed by atoms with Crippen molar-refractivity contribution in [3.63, 3.8) is 0 Å². The van der Waals surface area contributed by atoms with Gasteiger partial charge in [0.05, 0.1) is 10.6 Å². The normalized spacial score (nSPS) is 12.3. The van der Waals surface area contributed by atoms with E-state index in [9.17, 15) is 14.4 Å². The fourth-order valence-corrected chi connectivity index (χ4v) is 3.26. The molecule has 0 aromatic heterocycles. The number of hydrogen-bond acceptors (Lipinski definition) is 5. The molecular formula is C23H23ClN2O6. The van der Waals surface area contributed by atoms with Gasteiger partial charge in [0.1, 0.15) is 5.70 Å². The molecule has 9 heteroatoms. The van der Waals surface area contributed by atoms with E-state index in [2.05, 4.69) is 10.6 Å². The summed E-state index contributed by atoms with van der Waals surface area (Å²) >= 11 is 6.11. The Balaban J connectivity index is 1.71. The van der Waals surface area contributed by atoms with Crippen LogP contribution in [-0.2, 0) is 9.59 Å². The first-order chi connectivity index (χ1) is 15.4. The second-order valence-electron chi connectivity index (χ2n) is 7.06. The summed E-state index contributed by atoms with van der Waals surface area (Å²) in [7, 11) is 0. The van der Waals surface area contributed by atoms with Gasteiger partial charge >= 0.3 is 5.97 Å². The highest BCUT2D eigenvalue weighted by molar-refractivity contribution is 6.34. The molecule has 0 saturated carbocycles. The first kappa shape index (κ1) is 23.1. The summed E-state index contributed by atoms with van der Waals surface area (Å²) in [5, 5.41) is 14.3. The van der Waals surface area contributed by atoms with Crippen LogP contribution >= 0.6 is 11.6 Å². The van der Waals surface area contributed by atoms with Crippen molar-refractivity contribution in [1.29, 1.82) is 0 Å². The molecule has 8 nitrogen and oxygen atoms in total. The van der Waals surface area contributed by atoms with Gasteiger partial charge in [0.2, 0.25) is 6.79 Å². The van der Waals surface area contributed by atoms with Crippen LogP contribution in [0.2, 0.25) is 5.02 Å². The molecular weight excluding hydrogens is 436 g/mol. The Morgan fingerprint density at radius 3 is 2.59 bits per heavy atom. The molecule has 2 aromatic carbocycles. The van der Waals surface area contributed by atoms with Crippen molar-refractivity contribution >= 4 is 35.5 Å². The van der Waals surface area contributed by atoms with Crippen molar-refractivity contribution in [1.82, 2.24) is 10.6 Å². The van der Waals surface area contributed by atoms with Crippen LogP contribution in [0.15, 0.2) is 48.2 Å². The molecule has 3 N–H and O–H groups in total. The van der Waals surface area contributed by atoms with Gasteiger partial charge < -0.3 is 25.2 Å². The predicted octanol–water partition coefficient (Wildman–Crippen LogP) is 3.60. The van der Waals surface area contributed by atoms with Gasteiger partial charge in [0.15, 0.2) is 11.5 Å². The summed E-state index contributed by atoms with van der Waals surface area (Å²) in [5.41, 5.74) is 0.923. The highest BCUT2D eigenvalue weighted by Gasteiger charge is 2.18. The molecule has 0 spiro atoms. The lowest BCUT2D eigenvalue weighted by atomic mass is 10.1. The average molecular weight is 459 g/mol. The minimum Gasteiger partial charge on any atom is -0.481 e. The number of carbonyl (C=O) groups excluding carboxylic acids is 2. The molecule has 1 heterocycles. The van der Waals surface area contributed by atoms with Crippen LogP contribution in [0.5, 0.6) is 11.5 Å². The monoisotopic (exact) mass is 458 g/mol. The molecule has 3 rings (SSSR count). The Bertz CT molecular complexity index is 1040. The molecule has 168 valence electrons. The van der Waals surface area contributed by atoms with E-state index < -0.39 is 17.8 Å². The van der Waals surface area contributed by atoms with E-state index in [0.29, 0.717) is 42.9 Å². The third-order valence-corrected chi connectivity index (χ3v) is 5.00. The van der Waals surface area contributed by atoms with Crippen molar-refractivity contribution < 1.29 is 29.0 Å². The number of nitrogens with one attached hydrogen (secondary N) is 2. The number of ether oxygens (including phenoxy) is 2. The smallest absolute Gasteiger partial charge is 0.303 e. The summed E-state index contributed by atoms with van der Waals surface area (Å²) in [6, 6.07) is 11.7. The highest BCUT2D eigenvalue weighted by atomic mass is 35.5. The first-order valence-electron chi connectivity index (χ1n) is 10.1. The number of carboxylic acids is 1. The van der Waals surface area contributed by atoms with Crippen LogP contribution < -0.4 is 20.1 Å². The maximum Gasteiger partial charge on any atom is 0.303 e. The van der Waals surface area contributed by atoms with Crippen molar-refractivity contribution in [2.75, 3.05) is 13.3 Å². The lowest BCUT2D eigenvalue weighted by Gasteiger charge is -2.12. The van der Waals surface area contributed by atoms with Crippen molar-refractivity contribution in [2.45, 2.75) is 25.7 Å². The molecule has 0 bridgehead atoms. The fraction of sp³-hybridized carbons (Fsp3) is 0.261. The van der Waals surface area contributed by atoms with Crippen LogP contribution in [0.1, 0.15) is 41.6 Å². The number of rotatable bonds is 10. The first-order valence-corrected chi connectivity index (χ1v) is 10.5. The number of fused-ring (bicyclic) bond motifs is 1. The van der Waals surface area contributed by atoms with Gasteiger partial charge in [0.25, 0.3) is 11.8 Å². The van der Waals surface area contributed by atoms with E-state index in [1.165, 1.54) is 6.08 Å². The van der Waals surface area contributed by atoms with E-state index in [1.54, 1.807) is 42.5 Å². The second-order valence-corrected chi connectivity index (χ2v) is 7.47. The van der Waals surface area contributed by atoms with Crippen LogP contribution in [-0.4, -0.2) is 36.2 Å². The lowest BCUT2D eigenvalue weighted by Crippen LogP contribution is -2.35. The van der Waals surface area contributed by atoms with Gasteiger partial charge in [-0.2, -0.15) is 0 Å². The molecule has 2 amide bonds. The van der Waals surface area contributed by atoms with Crippen LogP contribution in [0.3, 0.4) is 0 Å². The number of carboxylic acid groups (broad SMARTS) is 1. The Kier molecular flexibility index (Phi) is 8.10. The molecule has 0 unspecified atom stereocenters. The van der Waals surface area contributed by atoms with Crippen molar-refractivity contribution in [3.05, 3.63) is 64.3 Å². The average Bonchev–Trinajstić information content (AvgIpc) is 3.23. The van der Waals surface area contributed by atoms with E-state index in [0.717, 1.165) is 0 Å². The third kappa shape index (κ3) is 6.49. The standard InChI is InChI=1S/C23H23ClN2O6/c24-17-7-4-3-6-16(17)22(29)26-18(23(30)25-11-5-1-2-8-21(27)28)12-15-9-10-19-20(13-15)32-14-31-19/h3-4,6-7,9-10,12-13H,1-2,5,8,11,14H2,(H,25,30)(H,26,29)(H,27,28). The van der Waals surface area contributed by atoms with E-state index in [4.69, 9.17) is 26.2 Å². The molecule has 2 aromatic rings. The number of halogens is 1. The Morgan fingerprint density at radius 1 is 1.03 bits per heavy atom. The summed E-state index contributed by atoms with van der Waals surface area (Å²) < 4.78 is 10.7. The van der Waals surface area contributed by atoms with Gasteiger partial charge in [-0.05, 0) is 48.7 Å². The SMILES string of the molecule is O=C(O)CCCCCNC(=O)C(=Cc1ccc2c(c1)OCO2)NC(=O)c1ccccc1Cl. The number of carbonyl (C=O) groups is 3. The second kappa shape index (κ2) is 11.2. The Morgan fingerprint density at radius 2 is 1.81 bits per heavy atom. The number of aliphatic carboxylic acids is 1. The Labute approximate surface area is 190 Å². The zero-order valence-electron chi connectivity index (χ0n) is 17.2. The van der Waals surface area contributed by atoms with Crippen LogP contribution in [0.25, 0.3) is 6.08 Å². The number of amides is 2. The van der Waals surface area contributed by atoms with Crippen molar-refractivity contribution in [2.24, 2.45) is 0 Å². The van der Waals surface area contributed by atoms with Gasteiger partial charge in [-0.3, -0.25) is 14.4 Å². The van der Waals surface area contributed by atoms with Gasteiger partial charge in [-0.25, -0.2) is 0 Å². The third-order valence-electron chi connectivity index (χ3n) is 4.67. The highest BCUT2D eigenvalue weighted by Crippen LogP contribution is 2.33. The predicted molar refractivity (Wildman–Crippen MR) is 119 cm³/mol. The summed E-state index contributed by atoms with van der Waals surface area (Å²) in [5.74, 6) is -0.672. The van der Waals surface area contributed by atoms with Gasteiger partial charge in [0, 0.05) is 13.0 Å². The molecule has 1 aliphatic heterocycles. The number of benzene rings is 2. The maximum absolute atomic E-state index is 12.8. The minimum atomic E-state index is -0.842. The van der Waals surface area contributed by atoms with Crippen molar-refractivity contribution in [3.8, 4) is 11.5 Å². The van der Waals surface area contributed by atoms with Crippen LogP contribution in [0, 0.1) is 0 Å². The van der Waals surface area contributed by atoms with Gasteiger partial charge in [-0.1, -0.05) is 36.2 Å². The zero-order valence-corrected chi connectivity index (χ0v) is 18.0. The summed E-state index contributed by atoms with van der Waals surface area (Å²) in [4.78, 5) is 36.1. The summed E-state index contributed by atoms with van der Waals surface area (Å²) in [6.07, 6.45) is 3.45. The molecule has 0 aliphatic carbocycles. The molecule has 0 fully saturated rings. The maximum atomic E-state index is 12.8. The van der Waals surface area contributed by atoms with E-state index in [-0.39, 0.29) is 29.5 Å². The largest absolute Gasteiger partial charge is 0.481 e.